The standard InChI is InChI=1S/C10H20N2OS/c1-3-11-8(2)6-10(13)12-9-4-5-14-7-9/h8-9,11H,3-7H2,1-2H3,(H,12,13). The Labute approximate surface area is 90.4 Å². The summed E-state index contributed by atoms with van der Waals surface area (Å²) < 4.78 is 0. The minimum absolute atomic E-state index is 0.186. The number of rotatable bonds is 5. The number of hydrogen-bond donors (Lipinski definition) is 2. The van der Waals surface area contributed by atoms with Gasteiger partial charge in [-0.2, -0.15) is 11.8 Å². The summed E-state index contributed by atoms with van der Waals surface area (Å²) in [6, 6.07) is 0.704. The van der Waals surface area contributed by atoms with Crippen LogP contribution in [0.2, 0.25) is 0 Å². The molecule has 0 radical (unpaired) electrons. The lowest BCUT2D eigenvalue weighted by Crippen LogP contribution is -2.39. The van der Waals surface area contributed by atoms with Crippen molar-refractivity contribution in [2.45, 2.75) is 38.8 Å². The first kappa shape index (κ1) is 11.9. The molecule has 1 amide bonds. The second-order valence-electron chi connectivity index (χ2n) is 3.79. The van der Waals surface area contributed by atoms with Gasteiger partial charge in [-0.25, -0.2) is 0 Å². The van der Waals surface area contributed by atoms with E-state index in [9.17, 15) is 4.79 Å². The Balaban J connectivity index is 2.14. The number of hydrogen-bond acceptors (Lipinski definition) is 3. The lowest BCUT2D eigenvalue weighted by Gasteiger charge is -2.15. The average molecular weight is 216 g/mol. The normalized spacial score (nSPS) is 23.4. The maximum Gasteiger partial charge on any atom is 0.221 e. The van der Waals surface area contributed by atoms with Crippen molar-refractivity contribution in [2.75, 3.05) is 18.1 Å². The van der Waals surface area contributed by atoms with E-state index in [0.29, 0.717) is 12.5 Å². The van der Waals surface area contributed by atoms with Crippen LogP contribution in [0.1, 0.15) is 26.7 Å². The SMILES string of the molecule is CCNC(C)CC(=O)NC1CCSC1. The zero-order valence-electron chi connectivity index (χ0n) is 9.01. The van der Waals surface area contributed by atoms with Crippen LogP contribution in [0.4, 0.5) is 0 Å². The first-order valence-electron chi connectivity index (χ1n) is 5.33. The van der Waals surface area contributed by atoms with Crippen molar-refractivity contribution < 1.29 is 4.79 Å². The molecular formula is C10H20N2OS. The Morgan fingerprint density at radius 2 is 2.43 bits per heavy atom. The molecule has 1 saturated heterocycles. The number of carbonyl (C=O) groups excluding carboxylic acids is 1. The molecule has 0 aliphatic carbocycles. The molecule has 0 spiro atoms. The molecule has 82 valence electrons. The largest absolute Gasteiger partial charge is 0.352 e. The summed E-state index contributed by atoms with van der Waals surface area (Å²) in [4.78, 5) is 11.5. The summed E-state index contributed by atoms with van der Waals surface area (Å²) >= 11 is 1.92. The van der Waals surface area contributed by atoms with E-state index < -0.39 is 0 Å². The van der Waals surface area contributed by atoms with Crippen LogP contribution in [0.3, 0.4) is 0 Å². The van der Waals surface area contributed by atoms with Gasteiger partial charge in [-0.05, 0) is 25.6 Å². The molecule has 2 atom stereocenters. The number of thioether (sulfide) groups is 1. The highest BCUT2D eigenvalue weighted by atomic mass is 32.2. The Morgan fingerprint density at radius 1 is 1.64 bits per heavy atom. The molecule has 4 heteroatoms. The Kier molecular flexibility index (Phi) is 5.33. The predicted octanol–water partition coefficient (Wildman–Crippen LogP) is 0.996. The minimum atomic E-state index is 0.186. The fourth-order valence-corrected chi connectivity index (χ4v) is 2.79. The van der Waals surface area contributed by atoms with Crippen molar-refractivity contribution in [1.82, 2.24) is 10.6 Å². The summed E-state index contributed by atoms with van der Waals surface area (Å²) in [7, 11) is 0. The highest BCUT2D eigenvalue weighted by Crippen LogP contribution is 2.16. The molecule has 1 rings (SSSR count). The molecule has 1 aliphatic heterocycles. The van der Waals surface area contributed by atoms with E-state index in [1.54, 1.807) is 0 Å². The van der Waals surface area contributed by atoms with E-state index in [1.165, 1.54) is 5.75 Å². The van der Waals surface area contributed by atoms with Gasteiger partial charge in [0, 0.05) is 24.3 Å². The molecule has 1 aliphatic rings. The molecule has 0 saturated carbocycles. The quantitative estimate of drug-likeness (QED) is 0.720. The molecule has 1 heterocycles. The molecule has 1 fully saturated rings. The van der Waals surface area contributed by atoms with Crippen molar-refractivity contribution in [2.24, 2.45) is 0 Å². The highest BCUT2D eigenvalue weighted by Gasteiger charge is 2.18. The van der Waals surface area contributed by atoms with Gasteiger partial charge in [0.25, 0.3) is 0 Å². The minimum Gasteiger partial charge on any atom is -0.352 e. The zero-order valence-corrected chi connectivity index (χ0v) is 9.82. The number of nitrogens with one attached hydrogen (secondary N) is 2. The van der Waals surface area contributed by atoms with Crippen LogP contribution in [0, 0.1) is 0 Å². The Morgan fingerprint density at radius 3 is 3.00 bits per heavy atom. The molecule has 14 heavy (non-hydrogen) atoms. The second-order valence-corrected chi connectivity index (χ2v) is 4.94. The number of carbonyl (C=O) groups is 1. The third-order valence-corrected chi connectivity index (χ3v) is 3.50. The molecule has 0 aromatic rings. The predicted molar refractivity (Wildman–Crippen MR) is 61.6 cm³/mol. The van der Waals surface area contributed by atoms with Gasteiger partial charge in [-0.3, -0.25) is 4.79 Å². The van der Waals surface area contributed by atoms with Crippen molar-refractivity contribution in [3.8, 4) is 0 Å². The monoisotopic (exact) mass is 216 g/mol. The summed E-state index contributed by atoms with van der Waals surface area (Å²) in [6.07, 6.45) is 1.72. The van der Waals surface area contributed by atoms with E-state index in [-0.39, 0.29) is 11.9 Å². The Hall–Kier alpha value is -0.220. The second kappa shape index (κ2) is 6.30. The van der Waals surface area contributed by atoms with Gasteiger partial charge in [0.05, 0.1) is 0 Å². The summed E-state index contributed by atoms with van der Waals surface area (Å²) in [5.41, 5.74) is 0. The van der Waals surface area contributed by atoms with Gasteiger partial charge in [-0.15, -0.1) is 0 Å². The zero-order chi connectivity index (χ0) is 10.4. The van der Waals surface area contributed by atoms with Crippen molar-refractivity contribution in [1.29, 1.82) is 0 Å². The van der Waals surface area contributed by atoms with Crippen LogP contribution in [0.25, 0.3) is 0 Å². The van der Waals surface area contributed by atoms with Crippen LogP contribution in [-0.2, 0) is 4.79 Å². The van der Waals surface area contributed by atoms with Crippen LogP contribution in [-0.4, -0.2) is 36.0 Å². The van der Waals surface area contributed by atoms with Crippen molar-refractivity contribution >= 4 is 17.7 Å². The summed E-state index contributed by atoms with van der Waals surface area (Å²) in [6.45, 7) is 5.03. The Bertz CT molecular complexity index is 181. The van der Waals surface area contributed by atoms with E-state index in [0.717, 1.165) is 18.7 Å². The van der Waals surface area contributed by atoms with E-state index in [4.69, 9.17) is 0 Å². The van der Waals surface area contributed by atoms with Gasteiger partial charge in [0.15, 0.2) is 0 Å². The highest BCUT2D eigenvalue weighted by molar-refractivity contribution is 7.99. The summed E-state index contributed by atoms with van der Waals surface area (Å²) in [5.74, 6) is 2.46. The van der Waals surface area contributed by atoms with Crippen molar-refractivity contribution in [3.05, 3.63) is 0 Å². The maximum absolute atomic E-state index is 11.5. The molecule has 2 unspecified atom stereocenters. The van der Waals surface area contributed by atoms with Crippen molar-refractivity contribution in [3.63, 3.8) is 0 Å². The average Bonchev–Trinajstić information content (AvgIpc) is 2.56. The lowest BCUT2D eigenvalue weighted by atomic mass is 10.2. The van der Waals surface area contributed by atoms with Gasteiger partial charge in [0.1, 0.15) is 0 Å². The molecular weight excluding hydrogens is 196 g/mol. The molecule has 3 nitrogen and oxygen atoms in total. The first-order valence-corrected chi connectivity index (χ1v) is 6.48. The van der Waals surface area contributed by atoms with Crippen LogP contribution < -0.4 is 10.6 Å². The number of amides is 1. The molecule has 0 aromatic heterocycles. The fourth-order valence-electron chi connectivity index (χ4n) is 1.63. The van der Waals surface area contributed by atoms with E-state index in [2.05, 4.69) is 17.6 Å². The van der Waals surface area contributed by atoms with Gasteiger partial charge in [-0.1, -0.05) is 6.92 Å². The summed E-state index contributed by atoms with van der Waals surface area (Å²) in [5, 5.41) is 6.30. The van der Waals surface area contributed by atoms with Crippen LogP contribution in [0.15, 0.2) is 0 Å². The first-order chi connectivity index (χ1) is 6.72. The fraction of sp³-hybridized carbons (Fsp3) is 0.900. The molecule has 2 N–H and O–H groups in total. The third-order valence-electron chi connectivity index (χ3n) is 2.34. The van der Waals surface area contributed by atoms with Crippen LogP contribution in [0.5, 0.6) is 0 Å². The lowest BCUT2D eigenvalue weighted by molar-refractivity contribution is -0.122. The van der Waals surface area contributed by atoms with Crippen LogP contribution >= 0.6 is 11.8 Å². The molecule has 0 bridgehead atoms. The van der Waals surface area contributed by atoms with Gasteiger partial charge in [0.2, 0.25) is 5.91 Å². The van der Waals surface area contributed by atoms with Gasteiger partial charge < -0.3 is 10.6 Å². The molecule has 0 aromatic carbocycles. The van der Waals surface area contributed by atoms with Gasteiger partial charge >= 0.3 is 0 Å². The topological polar surface area (TPSA) is 41.1 Å². The van der Waals surface area contributed by atoms with E-state index in [1.807, 2.05) is 18.7 Å². The smallest absolute Gasteiger partial charge is 0.221 e. The van der Waals surface area contributed by atoms with E-state index >= 15 is 0 Å². The maximum atomic E-state index is 11.5. The third kappa shape index (κ3) is 4.33.